The van der Waals surface area contributed by atoms with E-state index in [1.165, 1.54) is 18.9 Å². The fourth-order valence-corrected chi connectivity index (χ4v) is 6.82. The number of hydrogen-bond acceptors (Lipinski definition) is 7. The van der Waals surface area contributed by atoms with Crippen LogP contribution in [0.1, 0.15) is 81.4 Å². The number of methoxy groups -OCH3 is 1. The van der Waals surface area contributed by atoms with Gasteiger partial charge in [0.15, 0.2) is 6.23 Å². The molecule has 230 valence electrons. The predicted molar refractivity (Wildman–Crippen MR) is 174 cm³/mol. The van der Waals surface area contributed by atoms with Gasteiger partial charge in [-0.3, -0.25) is 14.6 Å². The van der Waals surface area contributed by atoms with Gasteiger partial charge in [0.2, 0.25) is 0 Å². The lowest BCUT2D eigenvalue weighted by Gasteiger charge is -2.34. The largest absolute Gasteiger partial charge is 0.469 e. The Morgan fingerprint density at radius 2 is 1.86 bits per heavy atom. The molecule has 0 radical (unpaired) electrons. The van der Waals surface area contributed by atoms with Crippen molar-refractivity contribution in [1.82, 2.24) is 20.1 Å². The normalized spacial score (nSPS) is 15.9. The summed E-state index contributed by atoms with van der Waals surface area (Å²) >= 11 is 1.54. The molecule has 2 aromatic heterocycles. The van der Waals surface area contributed by atoms with Crippen LogP contribution in [-0.2, 0) is 14.3 Å². The van der Waals surface area contributed by atoms with Crippen molar-refractivity contribution in [3.63, 3.8) is 0 Å². The van der Waals surface area contributed by atoms with Crippen molar-refractivity contribution in [2.24, 2.45) is 5.41 Å². The minimum absolute atomic E-state index is 0.127. The number of carbonyl (C=O) groups excluding carboxylic acids is 2. The maximum Gasteiger partial charge on any atom is 0.311 e. The summed E-state index contributed by atoms with van der Waals surface area (Å²) in [4.78, 5) is 32.1. The second-order valence-electron chi connectivity index (χ2n) is 12.4. The summed E-state index contributed by atoms with van der Waals surface area (Å²) in [7, 11) is 1.38. The molecule has 1 N–H and O–H groups in total. The number of fused-ring (bicyclic) bond motifs is 1. The van der Waals surface area contributed by atoms with E-state index in [9.17, 15) is 9.59 Å². The molecule has 1 aliphatic rings. The third-order valence-electron chi connectivity index (χ3n) is 7.67. The Kier molecular flexibility index (Phi) is 9.56. The summed E-state index contributed by atoms with van der Waals surface area (Å²) in [5.41, 5.74) is 1.89. The zero-order valence-corrected chi connectivity index (χ0v) is 26.8. The van der Waals surface area contributed by atoms with E-state index in [-0.39, 0.29) is 18.1 Å². The number of pyridine rings is 1. The second kappa shape index (κ2) is 13.4. The first-order valence-corrected chi connectivity index (χ1v) is 15.8. The quantitative estimate of drug-likeness (QED) is 0.185. The highest BCUT2D eigenvalue weighted by atomic mass is 32.2. The number of amides is 1. The molecule has 0 spiro atoms. The number of hydrogen-bond donors (Lipinski definition) is 1. The van der Waals surface area contributed by atoms with Crippen LogP contribution in [0.3, 0.4) is 0 Å². The maximum atomic E-state index is 13.6. The third-order valence-corrected chi connectivity index (χ3v) is 8.73. The van der Waals surface area contributed by atoms with Crippen molar-refractivity contribution < 1.29 is 19.1 Å². The first kappa shape index (κ1) is 31.5. The highest BCUT2D eigenvalue weighted by Crippen LogP contribution is 2.36. The van der Waals surface area contributed by atoms with Crippen LogP contribution < -0.4 is 5.32 Å². The Balaban J connectivity index is 1.42. The van der Waals surface area contributed by atoms with Crippen molar-refractivity contribution in [3.8, 4) is 0 Å². The zero-order chi connectivity index (χ0) is 31.3. The van der Waals surface area contributed by atoms with Crippen LogP contribution in [0.5, 0.6) is 0 Å². The number of carbonyl (C=O) groups is 2. The smallest absolute Gasteiger partial charge is 0.311 e. The monoisotopic (exact) mass is 612 g/mol. The van der Waals surface area contributed by atoms with Crippen molar-refractivity contribution in [2.45, 2.75) is 74.9 Å². The molecule has 9 heteroatoms. The molecule has 44 heavy (non-hydrogen) atoms. The average molecular weight is 613 g/mol. The van der Waals surface area contributed by atoms with E-state index in [2.05, 4.69) is 28.5 Å². The summed E-state index contributed by atoms with van der Waals surface area (Å²) in [5.74, 6) is -0.498. The van der Waals surface area contributed by atoms with Crippen molar-refractivity contribution >= 4 is 46.7 Å². The Morgan fingerprint density at radius 1 is 1.07 bits per heavy atom. The number of nitrogens with zero attached hydrogens (tertiary/aromatic N) is 3. The van der Waals surface area contributed by atoms with Crippen LogP contribution >= 0.6 is 11.8 Å². The van der Waals surface area contributed by atoms with Gasteiger partial charge >= 0.3 is 5.97 Å². The lowest BCUT2D eigenvalue weighted by Crippen LogP contribution is -2.48. The molecule has 8 nitrogen and oxygen atoms in total. The van der Waals surface area contributed by atoms with Gasteiger partial charge in [-0.25, -0.2) is 4.68 Å². The molecule has 2 aromatic carbocycles. The molecule has 1 amide bonds. The van der Waals surface area contributed by atoms with Gasteiger partial charge in [-0.2, -0.15) is 5.10 Å². The predicted octanol–water partition coefficient (Wildman–Crippen LogP) is 7.55. The van der Waals surface area contributed by atoms with Crippen LogP contribution in [0.4, 0.5) is 0 Å². The first-order chi connectivity index (χ1) is 21.1. The van der Waals surface area contributed by atoms with Gasteiger partial charge < -0.3 is 14.8 Å². The van der Waals surface area contributed by atoms with E-state index in [0.29, 0.717) is 12.0 Å². The van der Waals surface area contributed by atoms with E-state index >= 15 is 0 Å². The molecule has 1 atom stereocenters. The Hall–Kier alpha value is -3.95. The Morgan fingerprint density at radius 3 is 2.59 bits per heavy atom. The van der Waals surface area contributed by atoms with Gasteiger partial charge in [0.1, 0.15) is 0 Å². The van der Waals surface area contributed by atoms with E-state index < -0.39 is 11.0 Å². The standard InChI is InChI=1S/C35H40N4O4S/c1-34(2,33(41)42-5)23-35(3,4)37-32(40)27-13-6-7-14-30(27)44-25-17-18-26-28(19-16-24-12-8-10-20-36-24)38-39(29(26)22-25)31-15-9-11-21-43-31/h6-8,10,12-14,16-20,22,31H,9,11,15,21,23H2,1-5H3,(H,37,40)/b19-16+. The third kappa shape index (κ3) is 7.39. The van der Waals surface area contributed by atoms with Crippen molar-refractivity contribution in [3.05, 3.63) is 83.8 Å². The topological polar surface area (TPSA) is 95.3 Å². The van der Waals surface area contributed by atoms with Gasteiger partial charge in [0.05, 0.1) is 35.0 Å². The molecule has 4 aromatic rings. The van der Waals surface area contributed by atoms with Crippen LogP contribution in [0.15, 0.2) is 76.7 Å². The molecular weight excluding hydrogens is 572 g/mol. The molecular formula is C35H40N4O4S. The van der Waals surface area contributed by atoms with Gasteiger partial charge in [-0.05, 0) is 108 Å². The number of ether oxygens (including phenoxy) is 2. The summed E-state index contributed by atoms with van der Waals surface area (Å²) in [5, 5.41) is 9.15. The summed E-state index contributed by atoms with van der Waals surface area (Å²) in [6.07, 6.45) is 9.10. The minimum Gasteiger partial charge on any atom is -0.469 e. The van der Waals surface area contributed by atoms with Crippen molar-refractivity contribution in [1.29, 1.82) is 0 Å². The molecule has 1 saturated heterocycles. The molecule has 1 unspecified atom stereocenters. The molecule has 0 saturated carbocycles. The second-order valence-corrected chi connectivity index (χ2v) is 13.5. The molecule has 1 aliphatic heterocycles. The number of benzene rings is 2. The number of rotatable bonds is 10. The van der Waals surface area contributed by atoms with E-state index in [4.69, 9.17) is 14.6 Å². The van der Waals surface area contributed by atoms with Gasteiger partial charge in [-0.15, -0.1) is 0 Å². The minimum atomic E-state index is -0.744. The molecule has 5 rings (SSSR count). The molecule has 3 heterocycles. The number of aromatic nitrogens is 3. The highest BCUT2D eigenvalue weighted by molar-refractivity contribution is 7.99. The van der Waals surface area contributed by atoms with Crippen molar-refractivity contribution in [2.75, 3.05) is 13.7 Å². The molecule has 0 bridgehead atoms. The average Bonchev–Trinajstić information content (AvgIpc) is 3.37. The zero-order valence-electron chi connectivity index (χ0n) is 26.0. The number of esters is 1. The summed E-state index contributed by atoms with van der Waals surface area (Å²) < 4.78 is 13.1. The van der Waals surface area contributed by atoms with Gasteiger partial charge in [0, 0.05) is 33.5 Å². The summed E-state index contributed by atoms with van der Waals surface area (Å²) in [6, 6.07) is 19.7. The van der Waals surface area contributed by atoms with Crippen LogP contribution in [0, 0.1) is 5.41 Å². The fraction of sp³-hybridized carbons (Fsp3) is 0.371. The van der Waals surface area contributed by atoms with E-state index in [1.54, 1.807) is 6.20 Å². The lowest BCUT2D eigenvalue weighted by atomic mass is 9.80. The maximum absolute atomic E-state index is 13.6. The molecule has 0 aliphatic carbocycles. The Bertz CT molecular complexity index is 1660. The Labute approximate surface area is 263 Å². The van der Waals surface area contributed by atoms with Crippen LogP contribution in [0.25, 0.3) is 23.1 Å². The SMILES string of the molecule is COC(=O)C(C)(C)CC(C)(C)NC(=O)c1ccccc1Sc1ccc2c(/C=C/c3ccccn3)nn(C3CCCCO3)c2c1. The lowest BCUT2D eigenvalue weighted by molar-refractivity contribution is -0.152. The van der Waals surface area contributed by atoms with E-state index in [1.807, 2.05) is 87.0 Å². The molecule has 1 fully saturated rings. The highest BCUT2D eigenvalue weighted by Gasteiger charge is 2.36. The van der Waals surface area contributed by atoms with Crippen LogP contribution in [-0.4, -0.2) is 45.9 Å². The first-order valence-electron chi connectivity index (χ1n) is 15.0. The van der Waals surface area contributed by atoms with Gasteiger partial charge in [0.25, 0.3) is 5.91 Å². The number of nitrogens with one attached hydrogen (secondary N) is 1. The van der Waals surface area contributed by atoms with Crippen LogP contribution in [0.2, 0.25) is 0 Å². The van der Waals surface area contributed by atoms with E-state index in [0.717, 1.165) is 58.0 Å². The van der Waals surface area contributed by atoms with Gasteiger partial charge in [-0.1, -0.05) is 30.0 Å². The summed E-state index contributed by atoms with van der Waals surface area (Å²) in [6.45, 7) is 8.22. The fourth-order valence-electron chi connectivity index (χ4n) is 5.85.